The summed E-state index contributed by atoms with van der Waals surface area (Å²) >= 11 is 3.50. The van der Waals surface area contributed by atoms with Gasteiger partial charge in [-0.25, -0.2) is 9.79 Å². The Hall–Kier alpha value is -4.03. The highest BCUT2D eigenvalue weighted by Crippen LogP contribution is 2.39. The highest BCUT2D eigenvalue weighted by molar-refractivity contribution is 14.1. The van der Waals surface area contributed by atoms with Crippen molar-refractivity contribution in [2.24, 2.45) is 4.99 Å². The molecule has 0 spiro atoms. The van der Waals surface area contributed by atoms with Crippen LogP contribution in [0.4, 0.5) is 5.69 Å². The summed E-state index contributed by atoms with van der Waals surface area (Å²) in [6.07, 6.45) is 3.41. The Morgan fingerprint density at radius 1 is 1.07 bits per heavy atom. The molecule has 3 aromatic carbocycles. The number of para-hydroxylation sites is 1. The molecule has 1 aliphatic rings. The molecule has 1 aliphatic heterocycles. The Labute approximate surface area is 254 Å². The van der Waals surface area contributed by atoms with Gasteiger partial charge in [0.25, 0.3) is 5.91 Å². The third-order valence-electron chi connectivity index (χ3n) is 5.98. The molecule has 208 valence electrons. The zero-order valence-corrected chi connectivity index (χ0v) is 24.9. The van der Waals surface area contributed by atoms with Gasteiger partial charge >= 0.3 is 5.97 Å². The highest BCUT2D eigenvalue weighted by atomic mass is 127. The molecule has 1 amide bonds. The van der Waals surface area contributed by atoms with E-state index in [2.05, 4.69) is 22.6 Å². The van der Waals surface area contributed by atoms with Gasteiger partial charge in [-0.1, -0.05) is 30.3 Å². The van der Waals surface area contributed by atoms with E-state index in [9.17, 15) is 9.59 Å². The number of hydrogen-bond acceptors (Lipinski definition) is 7. The van der Waals surface area contributed by atoms with Crippen molar-refractivity contribution in [3.63, 3.8) is 0 Å². The summed E-state index contributed by atoms with van der Waals surface area (Å²) in [6.45, 7) is 2.83. The monoisotopic (exact) mass is 680 g/mol. The minimum absolute atomic E-state index is 0.167. The van der Waals surface area contributed by atoms with E-state index in [1.165, 1.54) is 11.8 Å². The first-order chi connectivity index (χ1) is 19.9. The van der Waals surface area contributed by atoms with Gasteiger partial charge in [-0.2, -0.15) is 0 Å². The lowest BCUT2D eigenvalue weighted by atomic mass is 10.1. The molecule has 0 unspecified atom stereocenters. The van der Waals surface area contributed by atoms with Crippen LogP contribution in [0.15, 0.2) is 99.4 Å². The fraction of sp³-hybridized carbons (Fsp3) is 0.129. The van der Waals surface area contributed by atoms with Crippen molar-refractivity contribution in [1.29, 1.82) is 0 Å². The summed E-state index contributed by atoms with van der Waals surface area (Å²) in [6, 6.07) is 23.4. The number of ether oxygens (including phenoxy) is 2. The summed E-state index contributed by atoms with van der Waals surface area (Å²) in [5, 5.41) is 9.69. The van der Waals surface area contributed by atoms with Crippen molar-refractivity contribution < 1.29 is 28.6 Å². The first kappa shape index (κ1) is 28.5. The van der Waals surface area contributed by atoms with E-state index in [-0.39, 0.29) is 24.6 Å². The number of amides is 1. The maximum Gasteiger partial charge on any atom is 0.335 e. The van der Waals surface area contributed by atoms with E-state index in [1.807, 2.05) is 61.5 Å². The largest absolute Gasteiger partial charge is 0.490 e. The Morgan fingerprint density at radius 3 is 2.54 bits per heavy atom. The second-order valence-electron chi connectivity index (χ2n) is 8.86. The summed E-state index contributed by atoms with van der Waals surface area (Å²) < 4.78 is 18.3. The Bertz CT molecular complexity index is 1600. The van der Waals surface area contributed by atoms with Crippen molar-refractivity contribution in [2.75, 3.05) is 6.61 Å². The quantitative estimate of drug-likeness (QED) is 0.138. The normalized spacial score (nSPS) is 15.1. The number of carboxylic acid groups (broad SMARTS) is 1. The van der Waals surface area contributed by atoms with E-state index in [0.717, 1.165) is 20.4 Å². The van der Waals surface area contributed by atoms with Crippen LogP contribution in [0.1, 0.15) is 34.2 Å². The second-order valence-corrected chi connectivity index (χ2v) is 11.0. The van der Waals surface area contributed by atoms with Crippen molar-refractivity contribution in [1.82, 2.24) is 4.90 Å². The molecule has 1 N–H and O–H groups in total. The van der Waals surface area contributed by atoms with Crippen LogP contribution in [0.3, 0.4) is 0 Å². The van der Waals surface area contributed by atoms with Crippen LogP contribution < -0.4 is 9.47 Å². The number of rotatable bonds is 10. The van der Waals surface area contributed by atoms with Crippen LogP contribution in [0, 0.1) is 3.57 Å². The van der Waals surface area contributed by atoms with Crippen molar-refractivity contribution >= 4 is 63.2 Å². The molecule has 10 heteroatoms. The van der Waals surface area contributed by atoms with E-state index < -0.39 is 5.97 Å². The molecule has 2 heterocycles. The predicted octanol–water partition coefficient (Wildman–Crippen LogP) is 7.36. The first-order valence-electron chi connectivity index (χ1n) is 12.7. The molecule has 41 heavy (non-hydrogen) atoms. The molecule has 1 fully saturated rings. The average molecular weight is 681 g/mol. The van der Waals surface area contributed by atoms with E-state index in [0.29, 0.717) is 33.9 Å². The van der Waals surface area contributed by atoms with Gasteiger partial charge in [0.05, 0.1) is 39.1 Å². The van der Waals surface area contributed by atoms with Gasteiger partial charge in [-0.15, -0.1) is 0 Å². The summed E-state index contributed by atoms with van der Waals surface area (Å²) in [7, 11) is 0. The maximum atomic E-state index is 13.5. The maximum absolute atomic E-state index is 13.5. The minimum atomic E-state index is -0.975. The van der Waals surface area contributed by atoms with Crippen molar-refractivity contribution in [3.8, 4) is 11.5 Å². The smallest absolute Gasteiger partial charge is 0.335 e. The Morgan fingerprint density at radius 2 is 1.85 bits per heavy atom. The van der Waals surface area contributed by atoms with Gasteiger partial charge in [0.2, 0.25) is 0 Å². The Kier molecular flexibility index (Phi) is 9.10. The molecule has 1 saturated heterocycles. The van der Waals surface area contributed by atoms with Crippen LogP contribution in [-0.4, -0.2) is 33.7 Å². The first-order valence-corrected chi connectivity index (χ1v) is 14.6. The fourth-order valence-corrected chi connectivity index (χ4v) is 5.81. The molecular formula is C31H25IN2O6S. The van der Waals surface area contributed by atoms with Crippen LogP contribution in [0.25, 0.3) is 6.08 Å². The minimum Gasteiger partial charge on any atom is -0.490 e. The topological polar surface area (TPSA) is 102 Å². The van der Waals surface area contributed by atoms with Gasteiger partial charge in [0, 0.05) is 0 Å². The molecule has 5 rings (SSSR count). The lowest BCUT2D eigenvalue weighted by Gasteiger charge is -2.15. The summed E-state index contributed by atoms with van der Waals surface area (Å²) in [4.78, 5) is 31.5. The molecule has 0 radical (unpaired) electrons. The highest BCUT2D eigenvalue weighted by Gasteiger charge is 2.34. The number of hydrogen-bond donors (Lipinski definition) is 1. The lowest BCUT2D eigenvalue weighted by molar-refractivity contribution is -0.122. The molecule has 0 atom stereocenters. The van der Waals surface area contributed by atoms with Gasteiger partial charge in [-0.05, 0) is 107 Å². The lowest BCUT2D eigenvalue weighted by Crippen LogP contribution is -2.28. The van der Waals surface area contributed by atoms with Crippen LogP contribution in [0.5, 0.6) is 11.5 Å². The SMILES string of the molecule is CCOc1cc(/C=C2\SC(=Nc3ccccc3)N(Cc3ccco3)C2=O)cc(I)c1OCc1ccc(C(=O)O)cc1. The summed E-state index contributed by atoms with van der Waals surface area (Å²) in [5.41, 5.74) is 2.58. The van der Waals surface area contributed by atoms with Gasteiger partial charge in [0.15, 0.2) is 16.7 Å². The average Bonchev–Trinajstić information content (AvgIpc) is 3.58. The van der Waals surface area contributed by atoms with E-state index in [1.54, 1.807) is 41.5 Å². The van der Waals surface area contributed by atoms with E-state index in [4.69, 9.17) is 24.0 Å². The van der Waals surface area contributed by atoms with Crippen LogP contribution in [0.2, 0.25) is 0 Å². The van der Waals surface area contributed by atoms with Gasteiger partial charge in [0.1, 0.15) is 12.4 Å². The number of carboxylic acids is 1. The summed E-state index contributed by atoms with van der Waals surface area (Å²) in [5.74, 6) is 0.645. The number of amidine groups is 1. The predicted molar refractivity (Wildman–Crippen MR) is 166 cm³/mol. The Balaban J connectivity index is 1.41. The second kappa shape index (κ2) is 13.1. The zero-order valence-electron chi connectivity index (χ0n) is 22.0. The standard InChI is InChI=1S/C31H25IN2O6S/c1-2-38-26-16-21(15-25(32)28(26)40-19-20-10-12-22(13-11-20)30(36)37)17-27-29(35)34(18-24-9-6-14-39-24)31(41-27)33-23-7-4-3-5-8-23/h3-17H,2,18-19H2,1H3,(H,36,37)/b27-17-,33-31?. The number of benzene rings is 3. The molecule has 4 aromatic rings. The van der Waals surface area contributed by atoms with Crippen molar-refractivity contribution in [2.45, 2.75) is 20.1 Å². The number of carbonyl (C=O) groups is 2. The van der Waals surface area contributed by atoms with Crippen LogP contribution in [-0.2, 0) is 17.9 Å². The van der Waals surface area contributed by atoms with Crippen molar-refractivity contribution in [3.05, 3.63) is 116 Å². The fourth-order valence-electron chi connectivity index (χ4n) is 4.03. The molecule has 0 aliphatic carbocycles. The number of thioether (sulfide) groups is 1. The molecule has 0 saturated carbocycles. The zero-order chi connectivity index (χ0) is 28.8. The number of carbonyl (C=O) groups excluding carboxylic acids is 1. The number of nitrogens with zero attached hydrogens (tertiary/aromatic N) is 2. The molecule has 0 bridgehead atoms. The number of aliphatic imine (C=N–C) groups is 1. The van der Waals surface area contributed by atoms with Gasteiger partial charge in [-0.3, -0.25) is 9.69 Å². The number of aromatic carboxylic acids is 1. The molecule has 8 nitrogen and oxygen atoms in total. The number of halogens is 1. The number of furan rings is 1. The molecule has 1 aromatic heterocycles. The van der Waals surface area contributed by atoms with Gasteiger partial charge < -0.3 is 19.0 Å². The van der Waals surface area contributed by atoms with E-state index >= 15 is 0 Å². The van der Waals surface area contributed by atoms with Crippen LogP contribution >= 0.6 is 34.4 Å². The molecular weight excluding hydrogens is 655 g/mol. The third-order valence-corrected chi connectivity index (χ3v) is 7.78. The third kappa shape index (κ3) is 7.01.